The molecule has 0 aliphatic carbocycles. The van der Waals surface area contributed by atoms with Crippen LogP contribution in [0.2, 0.25) is 5.02 Å². The largest absolute Gasteiger partial charge is 0.288 e. The lowest BCUT2D eigenvalue weighted by Gasteiger charge is -1.94. The van der Waals surface area contributed by atoms with E-state index in [-0.39, 0.29) is 5.12 Å². The molecule has 0 amide bonds. The Bertz CT molecular complexity index is 434. The van der Waals surface area contributed by atoms with Crippen LogP contribution >= 0.6 is 23.4 Å². The third kappa shape index (κ3) is 4.37. The summed E-state index contributed by atoms with van der Waals surface area (Å²) in [5.41, 5.74) is 0.295. The molecule has 0 unspecified atom stereocenters. The first-order valence-electron chi connectivity index (χ1n) is 4.17. The fourth-order valence-electron chi connectivity index (χ4n) is 0.860. The van der Waals surface area contributed by atoms with Gasteiger partial charge >= 0.3 is 0 Å². The van der Waals surface area contributed by atoms with Gasteiger partial charge in [0.05, 0.1) is 11.3 Å². The first-order chi connectivity index (χ1) is 7.09. The SMILES string of the molecule is CC(=O)SCC#Cc1ccc(Cl)cc1F. The Morgan fingerprint density at radius 1 is 1.60 bits per heavy atom. The van der Waals surface area contributed by atoms with Gasteiger partial charge in [-0.2, -0.15) is 0 Å². The fourth-order valence-corrected chi connectivity index (χ4v) is 1.37. The highest BCUT2D eigenvalue weighted by molar-refractivity contribution is 8.13. The first-order valence-corrected chi connectivity index (χ1v) is 5.53. The molecule has 0 fully saturated rings. The lowest BCUT2D eigenvalue weighted by molar-refractivity contribution is -0.109. The molecule has 0 spiro atoms. The second-order valence-corrected chi connectivity index (χ2v) is 4.29. The minimum atomic E-state index is -0.442. The number of thioether (sulfide) groups is 1. The summed E-state index contributed by atoms with van der Waals surface area (Å²) in [5.74, 6) is 5.27. The lowest BCUT2D eigenvalue weighted by Crippen LogP contribution is -1.85. The molecule has 4 heteroatoms. The van der Waals surface area contributed by atoms with Crippen molar-refractivity contribution in [2.75, 3.05) is 5.75 Å². The third-order valence-electron chi connectivity index (χ3n) is 1.50. The van der Waals surface area contributed by atoms with E-state index in [4.69, 9.17) is 11.6 Å². The maximum absolute atomic E-state index is 13.2. The summed E-state index contributed by atoms with van der Waals surface area (Å²) in [7, 11) is 0. The predicted molar refractivity (Wildman–Crippen MR) is 61.4 cm³/mol. The molecule has 0 bridgehead atoms. The topological polar surface area (TPSA) is 17.1 Å². The Kier molecular flexibility index (Phi) is 4.67. The summed E-state index contributed by atoms with van der Waals surface area (Å²) in [5, 5.41) is 0.344. The molecule has 0 saturated carbocycles. The molecule has 0 atom stereocenters. The smallest absolute Gasteiger partial charge is 0.186 e. The van der Waals surface area contributed by atoms with Gasteiger partial charge in [-0.1, -0.05) is 35.2 Å². The van der Waals surface area contributed by atoms with Crippen molar-refractivity contribution < 1.29 is 9.18 Å². The molecule has 1 rings (SSSR count). The summed E-state index contributed by atoms with van der Waals surface area (Å²) in [6.07, 6.45) is 0. The van der Waals surface area contributed by atoms with E-state index in [9.17, 15) is 9.18 Å². The van der Waals surface area contributed by atoms with Crippen LogP contribution in [0.5, 0.6) is 0 Å². The van der Waals surface area contributed by atoms with Crippen LogP contribution in [0.15, 0.2) is 18.2 Å². The molecule has 0 N–H and O–H groups in total. The standard InChI is InChI=1S/C11H8ClFOS/c1-8(14)15-6-2-3-9-4-5-10(12)7-11(9)13/h4-5,7H,6H2,1H3. The lowest BCUT2D eigenvalue weighted by atomic mass is 10.2. The van der Waals surface area contributed by atoms with Crippen molar-refractivity contribution in [3.63, 3.8) is 0 Å². The number of carbonyl (C=O) groups excluding carboxylic acids is 1. The van der Waals surface area contributed by atoms with Gasteiger partial charge < -0.3 is 0 Å². The number of hydrogen-bond donors (Lipinski definition) is 0. The van der Waals surface area contributed by atoms with Gasteiger partial charge in [0, 0.05) is 11.9 Å². The Balaban J connectivity index is 2.67. The van der Waals surface area contributed by atoms with E-state index >= 15 is 0 Å². The fraction of sp³-hybridized carbons (Fsp3) is 0.182. The highest BCUT2D eigenvalue weighted by Crippen LogP contribution is 2.13. The van der Waals surface area contributed by atoms with Crippen LogP contribution in [0.25, 0.3) is 0 Å². The van der Waals surface area contributed by atoms with Crippen LogP contribution in [-0.2, 0) is 4.79 Å². The minimum Gasteiger partial charge on any atom is -0.288 e. The van der Waals surface area contributed by atoms with Crippen molar-refractivity contribution in [2.45, 2.75) is 6.92 Å². The van der Waals surface area contributed by atoms with E-state index in [1.807, 2.05) is 0 Å². The second-order valence-electron chi connectivity index (χ2n) is 2.71. The Labute approximate surface area is 97.0 Å². The molecule has 1 nitrogen and oxygen atoms in total. The van der Waals surface area contributed by atoms with Gasteiger partial charge in [-0.15, -0.1) is 0 Å². The van der Waals surface area contributed by atoms with Crippen LogP contribution in [0.3, 0.4) is 0 Å². The molecule has 0 aliphatic heterocycles. The highest BCUT2D eigenvalue weighted by atomic mass is 35.5. The summed E-state index contributed by atoms with van der Waals surface area (Å²) in [4.78, 5) is 10.6. The highest BCUT2D eigenvalue weighted by Gasteiger charge is 1.98. The third-order valence-corrected chi connectivity index (χ3v) is 2.43. The maximum atomic E-state index is 13.2. The second kappa shape index (κ2) is 5.79. The van der Waals surface area contributed by atoms with Crippen LogP contribution < -0.4 is 0 Å². The number of rotatable bonds is 1. The van der Waals surface area contributed by atoms with Crippen LogP contribution in [-0.4, -0.2) is 10.9 Å². The molecule has 1 aromatic carbocycles. The maximum Gasteiger partial charge on any atom is 0.186 e. The van der Waals surface area contributed by atoms with Gasteiger partial charge in [-0.05, 0) is 18.2 Å². The van der Waals surface area contributed by atoms with E-state index in [1.54, 1.807) is 6.07 Å². The Morgan fingerprint density at radius 3 is 2.93 bits per heavy atom. The van der Waals surface area contributed by atoms with Crippen LogP contribution in [0, 0.1) is 17.7 Å². The normalized spacial score (nSPS) is 9.27. The van der Waals surface area contributed by atoms with Crippen molar-refractivity contribution in [1.82, 2.24) is 0 Å². The quantitative estimate of drug-likeness (QED) is 0.704. The zero-order valence-electron chi connectivity index (χ0n) is 8.01. The van der Waals surface area contributed by atoms with Crippen molar-refractivity contribution in [3.05, 3.63) is 34.6 Å². The first kappa shape index (κ1) is 12.1. The van der Waals surface area contributed by atoms with Crippen molar-refractivity contribution >= 4 is 28.5 Å². The van der Waals surface area contributed by atoms with E-state index < -0.39 is 5.82 Å². The molecular weight excluding hydrogens is 235 g/mol. The van der Waals surface area contributed by atoms with E-state index in [0.717, 1.165) is 11.8 Å². The molecular formula is C11H8ClFOS. The van der Waals surface area contributed by atoms with Crippen LogP contribution in [0.4, 0.5) is 4.39 Å². The molecule has 78 valence electrons. The molecule has 15 heavy (non-hydrogen) atoms. The average Bonchev–Trinajstić information content (AvgIpc) is 2.14. The molecule has 0 heterocycles. The molecule has 0 saturated heterocycles. The summed E-state index contributed by atoms with van der Waals surface area (Å²) in [6.45, 7) is 1.47. The predicted octanol–water partition coefficient (Wildman–Crippen LogP) is 3.11. The zero-order chi connectivity index (χ0) is 11.3. The van der Waals surface area contributed by atoms with Crippen molar-refractivity contribution in [2.24, 2.45) is 0 Å². The van der Waals surface area contributed by atoms with E-state index in [1.165, 1.54) is 19.1 Å². The number of halogens is 2. The van der Waals surface area contributed by atoms with Crippen LogP contribution in [0.1, 0.15) is 12.5 Å². The summed E-state index contributed by atoms with van der Waals surface area (Å²) >= 11 is 6.68. The monoisotopic (exact) mass is 242 g/mol. The van der Waals surface area contributed by atoms with Crippen molar-refractivity contribution in [3.8, 4) is 11.8 Å². The molecule has 1 aromatic rings. The number of hydrogen-bond acceptors (Lipinski definition) is 2. The van der Waals surface area contributed by atoms with E-state index in [2.05, 4.69) is 11.8 Å². The molecule has 0 radical (unpaired) electrons. The minimum absolute atomic E-state index is 0.000813. The number of benzene rings is 1. The van der Waals surface area contributed by atoms with Gasteiger partial charge in [0.2, 0.25) is 0 Å². The van der Waals surface area contributed by atoms with Gasteiger partial charge in [0.25, 0.3) is 0 Å². The van der Waals surface area contributed by atoms with Gasteiger partial charge in [-0.3, -0.25) is 4.79 Å². The average molecular weight is 243 g/mol. The number of carbonyl (C=O) groups is 1. The van der Waals surface area contributed by atoms with E-state index in [0.29, 0.717) is 16.3 Å². The summed E-state index contributed by atoms with van der Waals surface area (Å²) < 4.78 is 13.2. The van der Waals surface area contributed by atoms with Gasteiger partial charge in [0.15, 0.2) is 5.12 Å². The molecule has 0 aromatic heterocycles. The molecule has 0 aliphatic rings. The van der Waals surface area contributed by atoms with Gasteiger partial charge in [0.1, 0.15) is 5.82 Å². The zero-order valence-corrected chi connectivity index (χ0v) is 9.58. The Hall–Kier alpha value is -0.980. The van der Waals surface area contributed by atoms with Crippen molar-refractivity contribution in [1.29, 1.82) is 0 Å². The Morgan fingerprint density at radius 2 is 2.33 bits per heavy atom. The summed E-state index contributed by atoms with van der Waals surface area (Å²) in [6, 6.07) is 4.31. The van der Waals surface area contributed by atoms with Gasteiger partial charge in [-0.25, -0.2) is 4.39 Å².